The van der Waals surface area contributed by atoms with Crippen LogP contribution in [0.2, 0.25) is 10.0 Å². The van der Waals surface area contributed by atoms with Crippen molar-refractivity contribution in [1.29, 1.82) is 0 Å². The van der Waals surface area contributed by atoms with Gasteiger partial charge in [-0.15, -0.1) is 0 Å². The number of rotatable bonds is 5. The van der Waals surface area contributed by atoms with Crippen molar-refractivity contribution >= 4 is 34.8 Å². The van der Waals surface area contributed by atoms with Crippen LogP contribution in [-0.2, 0) is 4.79 Å². The maximum atomic E-state index is 12.8. The molecule has 3 nitrogen and oxygen atoms in total. The van der Waals surface area contributed by atoms with E-state index in [-0.39, 0.29) is 17.7 Å². The Bertz CT molecular complexity index is 684. The van der Waals surface area contributed by atoms with Crippen LogP contribution < -0.4 is 10.1 Å². The molecule has 0 radical (unpaired) electrons. The number of anilines is 1. The molecule has 0 aliphatic rings. The molecule has 1 atom stereocenters. The molecule has 1 amide bonds. The molecule has 0 aliphatic carbocycles. The second-order valence-electron chi connectivity index (χ2n) is 5.61. The molecule has 2 aromatic rings. The number of benzene rings is 2. The number of halogens is 2. The summed E-state index contributed by atoms with van der Waals surface area (Å²) in [7, 11) is 1.55. The summed E-state index contributed by atoms with van der Waals surface area (Å²) in [6.07, 6.45) is 0. The van der Waals surface area contributed by atoms with Crippen molar-refractivity contribution in [1.82, 2.24) is 0 Å². The molecule has 0 spiro atoms. The lowest BCUT2D eigenvalue weighted by molar-refractivity contribution is -0.118. The Labute approximate surface area is 146 Å². The largest absolute Gasteiger partial charge is 0.495 e. The first-order valence-corrected chi connectivity index (χ1v) is 8.08. The lowest BCUT2D eigenvalue weighted by atomic mass is 9.87. The summed E-state index contributed by atoms with van der Waals surface area (Å²) in [6, 6.07) is 12.5. The van der Waals surface area contributed by atoms with Gasteiger partial charge >= 0.3 is 0 Å². The van der Waals surface area contributed by atoms with Gasteiger partial charge < -0.3 is 10.1 Å². The molecule has 0 aromatic heterocycles. The summed E-state index contributed by atoms with van der Waals surface area (Å²) in [5.41, 5.74) is 1.48. The Morgan fingerprint density at radius 1 is 1.04 bits per heavy atom. The molecule has 0 unspecified atom stereocenters. The zero-order valence-corrected chi connectivity index (χ0v) is 14.8. The van der Waals surface area contributed by atoms with Crippen LogP contribution in [0.5, 0.6) is 5.75 Å². The van der Waals surface area contributed by atoms with Crippen LogP contribution in [0.3, 0.4) is 0 Å². The molecule has 122 valence electrons. The molecule has 0 heterocycles. The lowest BCUT2D eigenvalue weighted by Gasteiger charge is -2.21. The minimum atomic E-state index is -0.295. The van der Waals surface area contributed by atoms with E-state index in [0.29, 0.717) is 21.5 Å². The quantitative estimate of drug-likeness (QED) is 0.785. The summed E-state index contributed by atoms with van der Waals surface area (Å²) in [5.74, 6) is 0.293. The highest BCUT2D eigenvalue weighted by atomic mass is 35.5. The van der Waals surface area contributed by atoms with Gasteiger partial charge in [-0.2, -0.15) is 0 Å². The number of carbonyl (C=O) groups excluding carboxylic acids is 1. The van der Waals surface area contributed by atoms with Gasteiger partial charge in [0.25, 0.3) is 0 Å². The van der Waals surface area contributed by atoms with Crippen molar-refractivity contribution in [2.24, 2.45) is 5.92 Å². The Morgan fingerprint density at radius 3 is 2.22 bits per heavy atom. The van der Waals surface area contributed by atoms with Gasteiger partial charge in [0.05, 0.1) is 18.7 Å². The van der Waals surface area contributed by atoms with Crippen molar-refractivity contribution in [3.63, 3.8) is 0 Å². The van der Waals surface area contributed by atoms with Gasteiger partial charge in [0.15, 0.2) is 0 Å². The van der Waals surface area contributed by atoms with E-state index < -0.39 is 0 Å². The minimum absolute atomic E-state index is 0.108. The zero-order chi connectivity index (χ0) is 17.0. The summed E-state index contributed by atoms with van der Waals surface area (Å²) in [6.45, 7) is 4.02. The summed E-state index contributed by atoms with van der Waals surface area (Å²) >= 11 is 11.9. The van der Waals surface area contributed by atoms with Gasteiger partial charge in [-0.3, -0.25) is 4.79 Å². The van der Waals surface area contributed by atoms with Crippen LogP contribution in [0.25, 0.3) is 0 Å². The molecule has 0 bridgehead atoms. The van der Waals surface area contributed by atoms with Gasteiger partial charge in [0, 0.05) is 10.0 Å². The summed E-state index contributed by atoms with van der Waals surface area (Å²) < 4.78 is 5.27. The summed E-state index contributed by atoms with van der Waals surface area (Å²) in [4.78, 5) is 12.8. The molecule has 2 aromatic carbocycles. The Balaban J connectivity index is 2.29. The van der Waals surface area contributed by atoms with Crippen molar-refractivity contribution in [2.75, 3.05) is 12.4 Å². The molecule has 0 fully saturated rings. The van der Waals surface area contributed by atoms with Crippen molar-refractivity contribution in [3.8, 4) is 5.75 Å². The van der Waals surface area contributed by atoms with Crippen LogP contribution in [-0.4, -0.2) is 13.0 Å². The molecule has 0 saturated carbocycles. The minimum Gasteiger partial charge on any atom is -0.495 e. The van der Waals surface area contributed by atoms with Crippen molar-refractivity contribution in [3.05, 3.63) is 58.1 Å². The maximum Gasteiger partial charge on any atom is 0.232 e. The van der Waals surface area contributed by atoms with Crippen molar-refractivity contribution < 1.29 is 9.53 Å². The fourth-order valence-electron chi connectivity index (χ4n) is 2.50. The Kier molecular flexibility index (Phi) is 5.91. The number of carbonyl (C=O) groups is 1. The molecule has 1 N–H and O–H groups in total. The highest BCUT2D eigenvalue weighted by Crippen LogP contribution is 2.31. The molecule has 0 saturated heterocycles. The van der Waals surface area contributed by atoms with E-state index >= 15 is 0 Å². The Morgan fingerprint density at radius 2 is 1.65 bits per heavy atom. The SMILES string of the molecule is COc1ccc(Cl)cc1NC(=O)[C@H](c1ccc(Cl)cc1)C(C)C. The highest BCUT2D eigenvalue weighted by molar-refractivity contribution is 6.31. The van der Waals surface area contributed by atoms with Gasteiger partial charge in [-0.05, 0) is 41.8 Å². The molecule has 5 heteroatoms. The number of ether oxygens (including phenoxy) is 1. The second-order valence-corrected chi connectivity index (χ2v) is 6.48. The molecule has 2 rings (SSSR count). The van der Waals surface area contributed by atoms with E-state index in [0.717, 1.165) is 5.56 Å². The first-order valence-electron chi connectivity index (χ1n) is 7.32. The summed E-state index contributed by atoms with van der Waals surface area (Å²) in [5, 5.41) is 4.10. The van der Waals surface area contributed by atoms with Gasteiger partial charge in [0.1, 0.15) is 5.75 Å². The topological polar surface area (TPSA) is 38.3 Å². The molecular weight excluding hydrogens is 333 g/mol. The molecular formula is C18H19Cl2NO2. The van der Waals surface area contributed by atoms with Gasteiger partial charge in [-0.25, -0.2) is 0 Å². The first kappa shape index (κ1) is 17.6. The van der Waals surface area contributed by atoms with E-state index in [1.807, 2.05) is 26.0 Å². The predicted octanol–water partition coefficient (Wildman–Crippen LogP) is 5.38. The molecule has 0 aliphatic heterocycles. The van der Waals surface area contributed by atoms with Crippen molar-refractivity contribution in [2.45, 2.75) is 19.8 Å². The average Bonchev–Trinajstić information content (AvgIpc) is 2.49. The van der Waals surface area contributed by atoms with Crippen LogP contribution in [0.1, 0.15) is 25.3 Å². The van der Waals surface area contributed by atoms with E-state index in [2.05, 4.69) is 5.32 Å². The van der Waals surface area contributed by atoms with Crippen LogP contribution in [0, 0.1) is 5.92 Å². The predicted molar refractivity (Wildman–Crippen MR) is 95.7 cm³/mol. The standard InChI is InChI=1S/C18H19Cl2NO2/c1-11(2)17(12-4-6-13(19)7-5-12)18(22)21-15-10-14(20)8-9-16(15)23-3/h4-11,17H,1-3H3,(H,21,22)/t17-/m0/s1. The number of amides is 1. The van der Waals surface area contributed by atoms with Crippen LogP contribution in [0.4, 0.5) is 5.69 Å². The first-order chi connectivity index (χ1) is 10.9. The maximum absolute atomic E-state index is 12.8. The number of hydrogen-bond donors (Lipinski definition) is 1. The normalized spacial score (nSPS) is 12.1. The van der Waals surface area contributed by atoms with Gasteiger partial charge in [0.2, 0.25) is 5.91 Å². The van der Waals surface area contributed by atoms with Crippen LogP contribution >= 0.6 is 23.2 Å². The van der Waals surface area contributed by atoms with Crippen LogP contribution in [0.15, 0.2) is 42.5 Å². The van der Waals surface area contributed by atoms with E-state index in [4.69, 9.17) is 27.9 Å². The lowest BCUT2D eigenvalue weighted by Crippen LogP contribution is -2.25. The third-order valence-electron chi connectivity index (χ3n) is 3.60. The fourth-order valence-corrected chi connectivity index (χ4v) is 2.80. The fraction of sp³-hybridized carbons (Fsp3) is 0.278. The van der Waals surface area contributed by atoms with Gasteiger partial charge in [-0.1, -0.05) is 49.2 Å². The highest BCUT2D eigenvalue weighted by Gasteiger charge is 2.25. The number of hydrogen-bond acceptors (Lipinski definition) is 2. The number of nitrogens with one attached hydrogen (secondary N) is 1. The third-order valence-corrected chi connectivity index (χ3v) is 4.08. The van der Waals surface area contributed by atoms with E-state index in [1.54, 1.807) is 37.4 Å². The average molecular weight is 352 g/mol. The monoisotopic (exact) mass is 351 g/mol. The second kappa shape index (κ2) is 7.71. The Hall–Kier alpha value is -1.71. The zero-order valence-electron chi connectivity index (χ0n) is 13.3. The molecule has 23 heavy (non-hydrogen) atoms. The smallest absolute Gasteiger partial charge is 0.232 e. The third kappa shape index (κ3) is 4.40. The number of methoxy groups -OCH3 is 1. The van der Waals surface area contributed by atoms with E-state index in [9.17, 15) is 4.79 Å². The van der Waals surface area contributed by atoms with E-state index in [1.165, 1.54) is 0 Å².